The monoisotopic (exact) mass is 877 g/mol. The molecule has 0 saturated carbocycles. The van der Waals surface area contributed by atoms with Crippen molar-refractivity contribution in [2.75, 3.05) is 27.6 Å². The molecule has 0 unspecified atom stereocenters. The van der Waals surface area contributed by atoms with Gasteiger partial charge in [0.15, 0.2) is 16.0 Å². The van der Waals surface area contributed by atoms with Crippen molar-refractivity contribution < 1.29 is 71.6 Å². The van der Waals surface area contributed by atoms with E-state index in [-0.39, 0.29) is 42.3 Å². The highest BCUT2D eigenvalue weighted by molar-refractivity contribution is 8.14. The van der Waals surface area contributed by atoms with E-state index in [0.29, 0.717) is 27.4 Å². The van der Waals surface area contributed by atoms with Crippen molar-refractivity contribution in [3.8, 4) is 5.75 Å². The minimum Gasteiger partial charge on any atom is -0.406 e. The average Bonchev–Trinajstić information content (AvgIpc) is 3.74. The molecule has 0 spiro atoms. The Kier molecular flexibility index (Phi) is 14.6. The van der Waals surface area contributed by atoms with Crippen LogP contribution in [0.15, 0.2) is 62.6 Å². The summed E-state index contributed by atoms with van der Waals surface area (Å²) in [5.41, 5.74) is -1.64. The first-order valence-electron chi connectivity index (χ1n) is 14.5. The summed E-state index contributed by atoms with van der Waals surface area (Å²) in [6.07, 6.45) is -9.65. The van der Waals surface area contributed by atoms with Crippen LogP contribution in [0.1, 0.15) is 45.4 Å². The molecule has 4 rings (SSSR count). The van der Waals surface area contributed by atoms with Crippen LogP contribution < -0.4 is 13.8 Å². The number of carbonyl (C=O) groups excluding carboxylic acids is 4. The van der Waals surface area contributed by atoms with Gasteiger partial charge in [0.25, 0.3) is 10.0 Å². The Morgan fingerprint density at radius 2 is 1.44 bits per heavy atom. The number of para-hydroxylation sites is 1. The Balaban J connectivity index is 0.000000296. The summed E-state index contributed by atoms with van der Waals surface area (Å²) in [5, 5.41) is 1.58. The number of rotatable bonds is 13. The predicted octanol–water partition coefficient (Wildman–Crippen LogP) is 5.99. The highest BCUT2D eigenvalue weighted by atomic mass is 32.2. The SMILES string of the molecule is CC(=O)SCC(=O)c1noc(S(=O)(=O)N(C)c2ccccc2C(F)(F)F)n1.CC(=O)SCC(=O)c1sc(S(=O)(=O)Nc2ccc(OC(F)(F)F)cc2)nc1C. The molecule has 26 heteroatoms. The lowest BCUT2D eigenvalue weighted by Crippen LogP contribution is -2.29. The summed E-state index contributed by atoms with van der Waals surface area (Å²) in [5.74, 6) is -2.76. The van der Waals surface area contributed by atoms with Gasteiger partial charge in [-0.05, 0) is 43.3 Å². The number of alkyl halides is 6. The summed E-state index contributed by atoms with van der Waals surface area (Å²) in [4.78, 5) is 53.1. The molecule has 0 aliphatic heterocycles. The molecule has 0 fully saturated rings. The fourth-order valence-corrected chi connectivity index (χ4v) is 8.16. The van der Waals surface area contributed by atoms with Gasteiger partial charge in [0.2, 0.25) is 15.9 Å². The first-order chi connectivity index (χ1) is 25.3. The van der Waals surface area contributed by atoms with Gasteiger partial charge in [0, 0.05) is 26.6 Å². The Morgan fingerprint density at radius 3 is 1.98 bits per heavy atom. The van der Waals surface area contributed by atoms with Gasteiger partial charge in [0.1, 0.15) is 5.75 Å². The largest absolute Gasteiger partial charge is 0.573 e. The molecular formula is C29H25F6N5O10S5. The molecule has 298 valence electrons. The van der Waals surface area contributed by atoms with Crippen molar-refractivity contribution in [3.63, 3.8) is 0 Å². The maximum atomic E-state index is 13.1. The lowest BCUT2D eigenvalue weighted by molar-refractivity contribution is -0.274. The molecule has 55 heavy (non-hydrogen) atoms. The van der Waals surface area contributed by atoms with Crippen molar-refractivity contribution in [2.45, 2.75) is 42.9 Å². The summed E-state index contributed by atoms with van der Waals surface area (Å²) in [7, 11) is -7.92. The topological polar surface area (TPSA) is 213 Å². The Bertz CT molecular complexity index is 2280. The van der Waals surface area contributed by atoms with E-state index in [1.165, 1.54) is 26.8 Å². The zero-order valence-electron chi connectivity index (χ0n) is 28.2. The van der Waals surface area contributed by atoms with Crippen LogP contribution in [0.5, 0.6) is 5.75 Å². The molecule has 2 aromatic carbocycles. The molecule has 1 N–H and O–H groups in total. The van der Waals surface area contributed by atoms with E-state index in [1.807, 2.05) is 0 Å². The van der Waals surface area contributed by atoms with Gasteiger partial charge < -0.3 is 9.26 Å². The zero-order chi connectivity index (χ0) is 41.5. The van der Waals surface area contributed by atoms with E-state index < -0.39 is 72.2 Å². The van der Waals surface area contributed by atoms with Crippen molar-refractivity contribution in [1.29, 1.82) is 0 Å². The van der Waals surface area contributed by atoms with Gasteiger partial charge >= 0.3 is 27.8 Å². The van der Waals surface area contributed by atoms with Crippen molar-refractivity contribution in [2.24, 2.45) is 0 Å². The highest BCUT2D eigenvalue weighted by Crippen LogP contribution is 2.37. The summed E-state index contributed by atoms with van der Waals surface area (Å²) >= 11 is 2.11. The number of aryl methyl sites for hydroxylation is 1. The third-order valence-corrected chi connectivity index (χ3v) is 12.3. The Morgan fingerprint density at radius 1 is 0.873 bits per heavy atom. The minimum atomic E-state index is -4.86. The third-order valence-electron chi connectivity index (χ3n) is 6.20. The number of nitrogens with zero attached hydrogens (tertiary/aromatic N) is 4. The summed E-state index contributed by atoms with van der Waals surface area (Å²) < 4.78 is 136. The lowest BCUT2D eigenvalue weighted by Gasteiger charge is -2.21. The highest BCUT2D eigenvalue weighted by Gasteiger charge is 2.38. The number of Topliss-reactive ketones (excluding diaryl/α,β-unsaturated/α-hetero) is 2. The molecule has 0 atom stereocenters. The number of anilines is 2. The van der Waals surface area contributed by atoms with Crippen LogP contribution in [0.25, 0.3) is 0 Å². The Labute approximate surface area is 320 Å². The second kappa shape index (κ2) is 17.9. The molecule has 4 aromatic rings. The molecule has 0 aliphatic rings. The molecule has 0 aliphatic carbocycles. The van der Waals surface area contributed by atoms with E-state index in [9.17, 15) is 62.4 Å². The van der Waals surface area contributed by atoms with Crippen molar-refractivity contribution in [3.05, 3.63) is 70.5 Å². The summed E-state index contributed by atoms with van der Waals surface area (Å²) in [6.45, 7) is 4.00. The van der Waals surface area contributed by atoms with Crippen LogP contribution in [-0.2, 0) is 35.8 Å². The molecule has 2 aromatic heterocycles. The van der Waals surface area contributed by atoms with Crippen LogP contribution in [0.4, 0.5) is 37.7 Å². The first kappa shape index (κ1) is 44.9. The van der Waals surface area contributed by atoms with Crippen molar-refractivity contribution in [1.82, 2.24) is 15.1 Å². The molecule has 2 heterocycles. The quantitative estimate of drug-likeness (QED) is 0.121. The smallest absolute Gasteiger partial charge is 0.406 e. The molecule has 0 amide bonds. The molecular weight excluding hydrogens is 853 g/mol. The van der Waals surface area contributed by atoms with E-state index >= 15 is 0 Å². The van der Waals surface area contributed by atoms with Crippen LogP contribution in [0.2, 0.25) is 0 Å². The summed E-state index contributed by atoms with van der Waals surface area (Å²) in [6, 6.07) is 8.12. The van der Waals surface area contributed by atoms with Gasteiger partial charge in [-0.15, -0.1) is 13.2 Å². The number of ketones is 2. The average molecular weight is 878 g/mol. The normalized spacial score (nSPS) is 12.0. The maximum Gasteiger partial charge on any atom is 0.573 e. The number of thiazole rings is 1. The van der Waals surface area contributed by atoms with Gasteiger partial charge in [-0.25, -0.2) is 4.98 Å². The second-order valence-corrected chi connectivity index (χ2v) is 17.4. The number of ether oxygens (including phenoxy) is 1. The zero-order valence-corrected chi connectivity index (χ0v) is 32.3. The molecule has 0 radical (unpaired) electrons. The van der Waals surface area contributed by atoms with Crippen molar-refractivity contribution >= 4 is 88.1 Å². The van der Waals surface area contributed by atoms with Crippen LogP contribution in [0, 0.1) is 6.92 Å². The number of nitrogens with one attached hydrogen (secondary N) is 1. The minimum absolute atomic E-state index is 0.0117. The first-order valence-corrected chi connectivity index (χ1v) is 20.2. The van der Waals surface area contributed by atoms with E-state index in [2.05, 4.69) is 29.1 Å². The number of benzene rings is 2. The predicted molar refractivity (Wildman–Crippen MR) is 187 cm³/mol. The number of hydrogen-bond acceptors (Lipinski definition) is 16. The number of thioether (sulfide) groups is 2. The van der Waals surface area contributed by atoms with Gasteiger partial charge in [-0.3, -0.25) is 28.2 Å². The lowest BCUT2D eigenvalue weighted by atomic mass is 10.2. The number of aromatic nitrogens is 3. The third kappa shape index (κ3) is 12.8. The van der Waals surface area contributed by atoms with E-state index in [1.54, 1.807) is 0 Å². The van der Waals surface area contributed by atoms with E-state index in [0.717, 1.165) is 61.3 Å². The molecule has 15 nitrogen and oxygen atoms in total. The fourth-order valence-electron chi connectivity index (χ4n) is 3.80. The van der Waals surface area contributed by atoms with Gasteiger partial charge in [0.05, 0.1) is 33.3 Å². The molecule has 0 bridgehead atoms. The maximum absolute atomic E-state index is 13.1. The van der Waals surface area contributed by atoms with Gasteiger partial charge in [-0.1, -0.05) is 52.1 Å². The van der Waals surface area contributed by atoms with Gasteiger partial charge in [-0.2, -0.15) is 35.0 Å². The number of sulfonamides is 2. The van der Waals surface area contributed by atoms with Crippen LogP contribution >= 0.6 is 34.9 Å². The second-order valence-electron chi connectivity index (χ2n) is 10.4. The standard InChI is InChI=1S/C15H13F3N2O5S3.C14H12F3N3O5S2/c1-8-13(12(22)7-26-9(2)21)27-14(19-8)28(23,24)20-10-3-5-11(6-4-10)25-15(16,17)18;1-8(21)26-7-11(22)12-18-13(25-19-12)27(23,24)20(2)10-6-4-3-5-9(10)14(15,16)17/h3-6,20H,7H2,1-2H3;3-6H,7H2,1-2H3. The number of carbonyl (C=O) groups is 4. The number of hydrogen-bond donors (Lipinski definition) is 1. The van der Waals surface area contributed by atoms with E-state index in [4.69, 9.17) is 0 Å². The molecule has 0 saturated heterocycles. The Hall–Kier alpha value is -4.53. The number of halogens is 6. The fraction of sp³-hybridized carbons (Fsp3) is 0.276. The van der Waals surface area contributed by atoms with Crippen LogP contribution in [-0.4, -0.2) is 78.7 Å². The van der Waals surface area contributed by atoms with Crippen LogP contribution in [0.3, 0.4) is 0 Å².